The number of amides is 1. The van der Waals surface area contributed by atoms with Gasteiger partial charge in [-0.2, -0.15) is 0 Å². The second-order valence-corrected chi connectivity index (χ2v) is 9.04. The van der Waals surface area contributed by atoms with Crippen LogP contribution in [0.15, 0.2) is 30.3 Å². The Morgan fingerprint density at radius 2 is 1.71 bits per heavy atom. The Hall–Kier alpha value is -1.35. The fourth-order valence-electron chi connectivity index (χ4n) is 8.18. The highest BCUT2D eigenvalue weighted by Gasteiger charge is 2.81. The minimum absolute atomic E-state index is 0.0215. The first-order valence-corrected chi connectivity index (χ1v) is 9.73. The van der Waals surface area contributed by atoms with Crippen molar-refractivity contribution in [2.24, 2.45) is 53.3 Å². The summed E-state index contributed by atoms with van der Waals surface area (Å²) in [5.41, 5.74) is 1.18. The van der Waals surface area contributed by atoms with Crippen molar-refractivity contribution >= 4 is 5.91 Å². The number of benzene rings is 1. The van der Waals surface area contributed by atoms with Gasteiger partial charge in [0.1, 0.15) is 0 Å². The van der Waals surface area contributed by atoms with Gasteiger partial charge in [0.05, 0.1) is 12.6 Å². The lowest BCUT2D eigenvalue weighted by Crippen LogP contribution is -2.51. The van der Waals surface area contributed by atoms with Crippen molar-refractivity contribution in [3.8, 4) is 0 Å². The Morgan fingerprint density at radius 1 is 1.00 bits per heavy atom. The minimum atomic E-state index is -0.150. The van der Waals surface area contributed by atoms with Crippen molar-refractivity contribution in [1.82, 2.24) is 5.32 Å². The highest BCUT2D eigenvalue weighted by molar-refractivity contribution is 5.81. The van der Waals surface area contributed by atoms with Crippen LogP contribution in [0.4, 0.5) is 0 Å². The van der Waals surface area contributed by atoms with Crippen LogP contribution in [0, 0.1) is 53.3 Å². The fraction of sp³-hybridized carbons (Fsp3) is 0.667. The summed E-state index contributed by atoms with van der Waals surface area (Å²) in [6.07, 6.45) is 3.57. The number of carbonyl (C=O) groups excluding carboxylic acids is 1. The minimum Gasteiger partial charge on any atom is -0.394 e. The molecule has 3 nitrogen and oxygen atoms in total. The quantitative estimate of drug-likeness (QED) is 0.872. The van der Waals surface area contributed by atoms with Gasteiger partial charge in [0, 0.05) is 5.92 Å². The van der Waals surface area contributed by atoms with E-state index in [2.05, 4.69) is 17.4 Å². The monoisotopic (exact) mass is 323 g/mol. The maximum atomic E-state index is 13.1. The van der Waals surface area contributed by atoms with Crippen molar-refractivity contribution < 1.29 is 9.90 Å². The molecule has 5 aliphatic rings. The lowest BCUT2D eigenvalue weighted by Gasteiger charge is -2.47. The van der Waals surface area contributed by atoms with E-state index in [0.29, 0.717) is 11.8 Å². The zero-order valence-electron chi connectivity index (χ0n) is 13.8. The van der Waals surface area contributed by atoms with Gasteiger partial charge < -0.3 is 10.4 Å². The normalized spacial score (nSPS) is 49.5. The van der Waals surface area contributed by atoms with Crippen LogP contribution in [-0.2, 0) is 11.2 Å². The van der Waals surface area contributed by atoms with E-state index >= 15 is 0 Å². The van der Waals surface area contributed by atoms with Crippen LogP contribution < -0.4 is 5.32 Å². The third-order valence-electron chi connectivity index (χ3n) is 8.52. The number of hydrogen-bond acceptors (Lipinski definition) is 2. The molecular formula is C21H25NO2. The van der Waals surface area contributed by atoms with Crippen molar-refractivity contribution in [3.63, 3.8) is 0 Å². The van der Waals surface area contributed by atoms with Crippen LogP contribution in [-0.4, -0.2) is 23.7 Å². The number of hydrogen-bond donors (Lipinski definition) is 2. The summed E-state index contributed by atoms with van der Waals surface area (Å²) in [6.45, 7) is 0.0215. The number of rotatable bonds is 5. The second-order valence-electron chi connectivity index (χ2n) is 9.04. The van der Waals surface area contributed by atoms with Gasteiger partial charge in [-0.1, -0.05) is 30.3 Å². The van der Waals surface area contributed by atoms with Crippen molar-refractivity contribution in [3.05, 3.63) is 35.9 Å². The van der Waals surface area contributed by atoms with Crippen molar-refractivity contribution in [2.75, 3.05) is 6.61 Å². The van der Waals surface area contributed by atoms with Gasteiger partial charge in [0.25, 0.3) is 0 Å². The van der Waals surface area contributed by atoms with E-state index in [9.17, 15) is 9.90 Å². The lowest BCUT2D eigenvalue weighted by molar-refractivity contribution is -0.133. The zero-order chi connectivity index (χ0) is 16.0. The number of nitrogens with one attached hydrogen (secondary N) is 1. The number of fused-ring (bicyclic) bond motifs is 2. The van der Waals surface area contributed by atoms with Crippen LogP contribution in [0.3, 0.4) is 0 Å². The van der Waals surface area contributed by atoms with Crippen molar-refractivity contribution in [2.45, 2.75) is 25.3 Å². The van der Waals surface area contributed by atoms with Gasteiger partial charge >= 0.3 is 0 Å². The van der Waals surface area contributed by atoms with Gasteiger partial charge in [0.15, 0.2) is 0 Å². The molecule has 5 fully saturated rings. The maximum absolute atomic E-state index is 13.1. The first-order valence-electron chi connectivity index (χ1n) is 9.73. The van der Waals surface area contributed by atoms with Gasteiger partial charge in [0.2, 0.25) is 5.91 Å². The first-order chi connectivity index (χ1) is 11.8. The summed E-state index contributed by atoms with van der Waals surface area (Å²) in [6, 6.07) is 10.0. The molecule has 2 N–H and O–H groups in total. The van der Waals surface area contributed by atoms with Gasteiger partial charge in [-0.05, 0) is 72.2 Å². The summed E-state index contributed by atoms with van der Waals surface area (Å²) >= 11 is 0. The standard InChI is InChI=1S/C21H25NO2/c23-9-11(6-10-4-2-1-3-5-10)22-21(24)20-17-13-8-14-16-12(13)7-15(17)18(16)19(14)20/h1-5,11-20,23H,6-9H2,(H,22,24). The van der Waals surface area contributed by atoms with E-state index < -0.39 is 0 Å². The Kier molecular flexibility index (Phi) is 2.68. The van der Waals surface area contributed by atoms with Crippen molar-refractivity contribution in [1.29, 1.82) is 0 Å². The molecule has 5 saturated carbocycles. The van der Waals surface area contributed by atoms with E-state index in [1.54, 1.807) is 0 Å². The van der Waals surface area contributed by atoms with Crippen LogP contribution >= 0.6 is 0 Å². The summed E-state index contributed by atoms with van der Waals surface area (Å²) in [7, 11) is 0. The topological polar surface area (TPSA) is 49.3 Å². The highest BCUT2D eigenvalue weighted by atomic mass is 16.3. The molecule has 0 radical (unpaired) electrons. The van der Waals surface area contributed by atoms with Crippen LogP contribution in [0.1, 0.15) is 18.4 Å². The fourth-order valence-corrected chi connectivity index (χ4v) is 8.18. The Bertz CT molecular complexity index is 682. The molecule has 3 heteroatoms. The van der Waals surface area contributed by atoms with Crippen LogP contribution in [0.25, 0.3) is 0 Å². The molecule has 0 spiro atoms. The third-order valence-corrected chi connectivity index (χ3v) is 8.52. The summed E-state index contributed by atoms with van der Waals surface area (Å²) in [5.74, 6) is 7.33. The largest absolute Gasteiger partial charge is 0.394 e. The molecule has 6 rings (SSSR count). The predicted molar refractivity (Wildman–Crippen MR) is 89.8 cm³/mol. The molecule has 0 saturated heterocycles. The van der Waals surface area contributed by atoms with Crippen LogP contribution in [0.5, 0.6) is 0 Å². The molecule has 1 aromatic rings. The molecule has 10 unspecified atom stereocenters. The smallest absolute Gasteiger partial charge is 0.224 e. The number of aliphatic hydroxyl groups excluding tert-OH is 1. The van der Waals surface area contributed by atoms with E-state index in [-0.39, 0.29) is 24.5 Å². The van der Waals surface area contributed by atoms with E-state index in [4.69, 9.17) is 0 Å². The van der Waals surface area contributed by atoms with Gasteiger partial charge in [-0.3, -0.25) is 4.79 Å². The molecule has 24 heavy (non-hydrogen) atoms. The van der Waals surface area contributed by atoms with Gasteiger partial charge in [-0.25, -0.2) is 0 Å². The summed E-state index contributed by atoms with van der Waals surface area (Å²) < 4.78 is 0. The molecule has 0 heterocycles. The van der Waals surface area contributed by atoms with E-state index in [1.165, 1.54) is 18.4 Å². The molecular weight excluding hydrogens is 298 g/mol. The Labute approximate surface area is 142 Å². The predicted octanol–water partition coefficient (Wildman–Crippen LogP) is 2.10. The lowest BCUT2D eigenvalue weighted by atomic mass is 9.57. The Balaban J connectivity index is 1.20. The first kappa shape index (κ1) is 13.9. The molecule has 2 bridgehead atoms. The van der Waals surface area contributed by atoms with E-state index in [1.807, 2.05) is 18.2 Å². The Morgan fingerprint density at radius 3 is 2.46 bits per heavy atom. The summed E-state index contributed by atoms with van der Waals surface area (Å²) in [4.78, 5) is 13.1. The molecule has 1 amide bonds. The number of carbonyl (C=O) groups is 1. The van der Waals surface area contributed by atoms with Gasteiger partial charge in [-0.15, -0.1) is 0 Å². The van der Waals surface area contributed by atoms with Crippen LogP contribution in [0.2, 0.25) is 0 Å². The molecule has 0 aromatic heterocycles. The molecule has 126 valence electrons. The molecule has 1 aromatic carbocycles. The average Bonchev–Trinajstić information content (AvgIpc) is 3.14. The second kappa shape index (κ2) is 4.63. The molecule has 10 atom stereocenters. The maximum Gasteiger partial charge on any atom is 0.224 e. The highest BCUT2D eigenvalue weighted by Crippen LogP contribution is 2.84. The molecule has 0 aliphatic heterocycles. The number of aliphatic hydroxyl groups is 1. The zero-order valence-corrected chi connectivity index (χ0v) is 13.8. The average molecular weight is 323 g/mol. The summed E-state index contributed by atoms with van der Waals surface area (Å²) in [5, 5.41) is 13.0. The van der Waals surface area contributed by atoms with E-state index in [0.717, 1.165) is 41.9 Å². The SMILES string of the molecule is O=C(NC(CO)Cc1ccccc1)C1C2C3CC4C5C3CC2C5C41. The molecule has 5 aliphatic carbocycles. The third kappa shape index (κ3) is 1.51.